The summed E-state index contributed by atoms with van der Waals surface area (Å²) in [6.07, 6.45) is 0. The molecule has 0 aliphatic carbocycles. The van der Waals surface area contributed by atoms with Gasteiger partial charge in [-0.15, -0.1) is 0 Å². The zero-order valence-electron chi connectivity index (χ0n) is 11.5. The minimum atomic E-state index is -3.64. The standard InChI is InChI=1S/C15H16BrNO3S/c1-17(10-12-6-2-4-8-14(12)16)21(19,20)15-9-5-3-7-13(15)11-18/h2-9,18H,10-11H2,1H3. The van der Waals surface area contributed by atoms with Crippen LogP contribution in [0, 0.1) is 0 Å². The van der Waals surface area contributed by atoms with Crippen LogP contribution in [0.1, 0.15) is 11.1 Å². The van der Waals surface area contributed by atoms with Crippen LogP contribution in [0.15, 0.2) is 57.9 Å². The monoisotopic (exact) mass is 369 g/mol. The summed E-state index contributed by atoms with van der Waals surface area (Å²) in [4.78, 5) is 0.141. The van der Waals surface area contributed by atoms with Gasteiger partial charge < -0.3 is 5.11 Å². The molecule has 2 aromatic carbocycles. The summed E-state index contributed by atoms with van der Waals surface area (Å²) in [6.45, 7) is -0.0538. The average Bonchev–Trinajstić information content (AvgIpc) is 2.49. The van der Waals surface area contributed by atoms with Crippen molar-refractivity contribution in [2.75, 3.05) is 7.05 Å². The molecule has 1 N–H and O–H groups in total. The van der Waals surface area contributed by atoms with Gasteiger partial charge in [-0.25, -0.2) is 8.42 Å². The summed E-state index contributed by atoms with van der Waals surface area (Å²) in [7, 11) is -2.11. The largest absolute Gasteiger partial charge is 0.392 e. The van der Waals surface area contributed by atoms with E-state index in [4.69, 9.17) is 0 Å². The number of nitrogens with zero attached hydrogens (tertiary/aromatic N) is 1. The van der Waals surface area contributed by atoms with E-state index in [0.29, 0.717) is 5.56 Å². The van der Waals surface area contributed by atoms with Crippen molar-refractivity contribution in [3.63, 3.8) is 0 Å². The van der Waals surface area contributed by atoms with Gasteiger partial charge in [0.15, 0.2) is 0 Å². The molecule has 0 aromatic heterocycles. The summed E-state index contributed by atoms with van der Waals surface area (Å²) >= 11 is 3.41. The first-order chi connectivity index (χ1) is 9.96. The molecule has 0 saturated heterocycles. The van der Waals surface area contributed by atoms with E-state index in [1.54, 1.807) is 18.2 Å². The molecular weight excluding hydrogens is 354 g/mol. The SMILES string of the molecule is CN(Cc1ccccc1Br)S(=O)(=O)c1ccccc1CO. The summed E-state index contributed by atoms with van der Waals surface area (Å²) in [6, 6.07) is 14.0. The Bertz CT molecular complexity index is 731. The third kappa shape index (κ3) is 3.52. The molecular formula is C15H16BrNO3S. The Labute approximate surface area is 133 Å². The van der Waals surface area contributed by atoms with Crippen molar-refractivity contribution in [3.05, 3.63) is 64.1 Å². The minimum Gasteiger partial charge on any atom is -0.392 e. The number of rotatable bonds is 5. The second kappa shape index (κ2) is 6.70. The van der Waals surface area contributed by atoms with Gasteiger partial charge in [-0.2, -0.15) is 4.31 Å². The fourth-order valence-corrected chi connectivity index (χ4v) is 3.77. The Balaban J connectivity index is 2.33. The van der Waals surface area contributed by atoms with Crippen molar-refractivity contribution < 1.29 is 13.5 Å². The number of aliphatic hydroxyl groups is 1. The van der Waals surface area contributed by atoms with Crippen LogP contribution in [-0.4, -0.2) is 24.9 Å². The summed E-state index contributed by atoms with van der Waals surface area (Å²) < 4.78 is 27.4. The van der Waals surface area contributed by atoms with Gasteiger partial charge in [-0.3, -0.25) is 0 Å². The Kier molecular flexibility index (Phi) is 5.16. The van der Waals surface area contributed by atoms with Gasteiger partial charge in [0.05, 0.1) is 11.5 Å². The van der Waals surface area contributed by atoms with Crippen LogP contribution in [0.4, 0.5) is 0 Å². The molecule has 0 radical (unpaired) electrons. The van der Waals surface area contributed by atoms with Crippen molar-refractivity contribution in [2.45, 2.75) is 18.0 Å². The van der Waals surface area contributed by atoms with Gasteiger partial charge in [0.1, 0.15) is 0 Å². The molecule has 0 saturated carbocycles. The van der Waals surface area contributed by atoms with E-state index in [0.717, 1.165) is 10.0 Å². The maximum atomic E-state index is 12.6. The average molecular weight is 370 g/mol. The maximum absolute atomic E-state index is 12.6. The third-order valence-electron chi connectivity index (χ3n) is 3.18. The molecule has 0 aliphatic heterocycles. The third-order valence-corrected chi connectivity index (χ3v) is 5.86. The normalized spacial score (nSPS) is 11.8. The van der Waals surface area contributed by atoms with Crippen LogP contribution in [0.25, 0.3) is 0 Å². The highest BCUT2D eigenvalue weighted by Gasteiger charge is 2.23. The first kappa shape index (κ1) is 16.2. The molecule has 0 unspecified atom stereocenters. The molecule has 0 fully saturated rings. The highest BCUT2D eigenvalue weighted by atomic mass is 79.9. The lowest BCUT2D eigenvalue weighted by atomic mass is 10.2. The quantitative estimate of drug-likeness (QED) is 0.881. The van der Waals surface area contributed by atoms with E-state index < -0.39 is 10.0 Å². The Morgan fingerprint density at radius 3 is 2.24 bits per heavy atom. The van der Waals surface area contributed by atoms with E-state index >= 15 is 0 Å². The van der Waals surface area contributed by atoms with Crippen molar-refractivity contribution in [1.82, 2.24) is 4.31 Å². The predicted octanol–water partition coefficient (Wildman–Crippen LogP) is 2.76. The highest BCUT2D eigenvalue weighted by molar-refractivity contribution is 9.10. The summed E-state index contributed by atoms with van der Waals surface area (Å²) in [5.74, 6) is 0. The van der Waals surface area contributed by atoms with Gasteiger partial charge in [0, 0.05) is 18.1 Å². The molecule has 0 bridgehead atoms. The molecule has 112 valence electrons. The number of benzene rings is 2. The molecule has 0 aliphatic rings. The van der Waals surface area contributed by atoms with Gasteiger partial charge in [-0.1, -0.05) is 52.3 Å². The van der Waals surface area contributed by atoms with Crippen LogP contribution in [0.2, 0.25) is 0 Å². The van der Waals surface area contributed by atoms with E-state index in [2.05, 4.69) is 15.9 Å². The lowest BCUT2D eigenvalue weighted by Crippen LogP contribution is -2.27. The summed E-state index contributed by atoms with van der Waals surface area (Å²) in [5.41, 5.74) is 1.28. The first-order valence-corrected chi connectivity index (χ1v) is 8.58. The van der Waals surface area contributed by atoms with Crippen molar-refractivity contribution >= 4 is 26.0 Å². The van der Waals surface area contributed by atoms with Gasteiger partial charge in [0.25, 0.3) is 0 Å². The fraction of sp³-hybridized carbons (Fsp3) is 0.200. The Morgan fingerprint density at radius 2 is 1.62 bits per heavy atom. The van der Waals surface area contributed by atoms with Crippen molar-refractivity contribution in [2.24, 2.45) is 0 Å². The molecule has 0 heterocycles. The molecule has 0 amide bonds. The maximum Gasteiger partial charge on any atom is 0.243 e. The second-order valence-electron chi connectivity index (χ2n) is 4.62. The van der Waals surface area contributed by atoms with E-state index in [1.807, 2.05) is 24.3 Å². The Morgan fingerprint density at radius 1 is 1.05 bits per heavy atom. The molecule has 21 heavy (non-hydrogen) atoms. The first-order valence-electron chi connectivity index (χ1n) is 6.35. The molecule has 0 spiro atoms. The summed E-state index contributed by atoms with van der Waals surface area (Å²) in [5, 5.41) is 9.31. The van der Waals surface area contributed by atoms with Crippen LogP contribution in [-0.2, 0) is 23.2 Å². The molecule has 4 nitrogen and oxygen atoms in total. The second-order valence-corrected chi connectivity index (χ2v) is 7.49. The smallest absolute Gasteiger partial charge is 0.243 e. The number of aliphatic hydroxyl groups excluding tert-OH is 1. The molecule has 0 atom stereocenters. The Hall–Kier alpha value is -1.21. The van der Waals surface area contributed by atoms with Crippen molar-refractivity contribution in [3.8, 4) is 0 Å². The van der Waals surface area contributed by atoms with Gasteiger partial charge >= 0.3 is 0 Å². The van der Waals surface area contributed by atoms with Crippen LogP contribution in [0.3, 0.4) is 0 Å². The predicted molar refractivity (Wildman–Crippen MR) is 85.2 cm³/mol. The lowest BCUT2D eigenvalue weighted by Gasteiger charge is -2.19. The number of hydrogen-bond donors (Lipinski definition) is 1. The molecule has 6 heteroatoms. The minimum absolute atomic E-state index is 0.141. The lowest BCUT2D eigenvalue weighted by molar-refractivity contribution is 0.278. The van der Waals surface area contributed by atoms with E-state index in [1.165, 1.54) is 17.4 Å². The fourth-order valence-electron chi connectivity index (χ4n) is 2.01. The van der Waals surface area contributed by atoms with Crippen LogP contribution >= 0.6 is 15.9 Å². The zero-order valence-corrected chi connectivity index (χ0v) is 13.9. The van der Waals surface area contributed by atoms with E-state index in [-0.39, 0.29) is 18.0 Å². The van der Waals surface area contributed by atoms with Gasteiger partial charge in [0.2, 0.25) is 10.0 Å². The zero-order chi connectivity index (χ0) is 15.5. The molecule has 2 aromatic rings. The van der Waals surface area contributed by atoms with Crippen molar-refractivity contribution in [1.29, 1.82) is 0 Å². The van der Waals surface area contributed by atoms with Gasteiger partial charge in [-0.05, 0) is 23.3 Å². The molecule has 2 rings (SSSR count). The number of sulfonamides is 1. The number of hydrogen-bond acceptors (Lipinski definition) is 3. The highest BCUT2D eigenvalue weighted by Crippen LogP contribution is 2.23. The van der Waals surface area contributed by atoms with E-state index in [9.17, 15) is 13.5 Å². The topological polar surface area (TPSA) is 57.6 Å². The van der Waals surface area contributed by atoms with Crippen LogP contribution < -0.4 is 0 Å². The van der Waals surface area contributed by atoms with Crippen LogP contribution in [0.5, 0.6) is 0 Å². The number of halogens is 1.